The van der Waals surface area contributed by atoms with Crippen LogP contribution in [-0.4, -0.2) is 44.3 Å². The van der Waals surface area contributed by atoms with Gasteiger partial charge in [-0.1, -0.05) is 6.07 Å². The van der Waals surface area contributed by atoms with Crippen LogP contribution in [0, 0.1) is 23.1 Å². The molecule has 0 N–H and O–H groups in total. The second-order valence-corrected chi connectivity index (χ2v) is 5.55. The van der Waals surface area contributed by atoms with Gasteiger partial charge in [-0.05, 0) is 25.0 Å². The molecule has 6 heteroatoms. The minimum absolute atomic E-state index is 0.0675. The maximum absolute atomic E-state index is 13.7. The largest absolute Gasteiger partial charge is 0.370 e. The summed E-state index contributed by atoms with van der Waals surface area (Å²) >= 11 is 0. The molecule has 1 heterocycles. The molecule has 2 rings (SSSR count). The molecule has 1 aliphatic heterocycles. The summed E-state index contributed by atoms with van der Waals surface area (Å²) in [4.78, 5) is 19.6. The van der Waals surface area contributed by atoms with Crippen molar-refractivity contribution in [2.75, 3.05) is 32.1 Å². The van der Waals surface area contributed by atoms with E-state index in [0.717, 1.165) is 0 Å². The fourth-order valence-corrected chi connectivity index (χ4v) is 2.53. The summed E-state index contributed by atoms with van der Waals surface area (Å²) in [5.41, 5.74) is 0.670. The SMILES string of the molecule is CN(C)C=NC(=O)C1CCN(c2cccc(F)c2C#N)CC1. The van der Waals surface area contributed by atoms with Crippen LogP contribution in [0.3, 0.4) is 0 Å². The summed E-state index contributed by atoms with van der Waals surface area (Å²) < 4.78 is 13.7. The van der Waals surface area contributed by atoms with Gasteiger partial charge >= 0.3 is 0 Å². The average Bonchev–Trinajstić information content (AvgIpc) is 2.52. The highest BCUT2D eigenvalue weighted by Gasteiger charge is 2.26. The van der Waals surface area contributed by atoms with Crippen LogP contribution in [-0.2, 0) is 4.79 Å². The molecule has 0 saturated carbocycles. The first-order valence-electron chi connectivity index (χ1n) is 7.21. The van der Waals surface area contributed by atoms with Crippen LogP contribution in [0.4, 0.5) is 10.1 Å². The van der Waals surface area contributed by atoms with Crippen LogP contribution in [0.15, 0.2) is 23.2 Å². The number of carbonyl (C=O) groups excluding carboxylic acids is 1. The molecule has 0 radical (unpaired) electrons. The van der Waals surface area contributed by atoms with Crippen LogP contribution >= 0.6 is 0 Å². The molecule has 1 saturated heterocycles. The van der Waals surface area contributed by atoms with E-state index in [-0.39, 0.29) is 17.4 Å². The van der Waals surface area contributed by atoms with Gasteiger partial charge in [0.1, 0.15) is 17.4 Å². The second-order valence-electron chi connectivity index (χ2n) is 5.55. The normalized spacial score (nSPS) is 15.8. The Balaban J connectivity index is 2.03. The Kier molecular flexibility index (Phi) is 5.10. The zero-order valence-electron chi connectivity index (χ0n) is 12.8. The summed E-state index contributed by atoms with van der Waals surface area (Å²) in [7, 11) is 3.62. The number of piperidine rings is 1. The van der Waals surface area contributed by atoms with E-state index >= 15 is 0 Å². The zero-order valence-corrected chi connectivity index (χ0v) is 12.8. The summed E-state index contributed by atoms with van der Waals surface area (Å²) in [5, 5.41) is 9.10. The van der Waals surface area contributed by atoms with Gasteiger partial charge in [-0.15, -0.1) is 0 Å². The number of nitrogens with zero attached hydrogens (tertiary/aromatic N) is 4. The molecule has 0 aliphatic carbocycles. The standard InChI is InChI=1S/C16H19FN4O/c1-20(2)11-19-16(22)12-6-8-21(9-7-12)15-5-3-4-14(17)13(15)10-18/h3-5,11-12H,6-9H2,1-2H3. The summed E-state index contributed by atoms with van der Waals surface area (Å²) in [6, 6.07) is 6.55. The van der Waals surface area contributed by atoms with E-state index in [1.54, 1.807) is 17.0 Å². The summed E-state index contributed by atoms with van der Waals surface area (Å²) in [6.45, 7) is 1.23. The van der Waals surface area contributed by atoms with Gasteiger partial charge in [0.2, 0.25) is 5.91 Å². The molecule has 5 nitrogen and oxygen atoms in total. The zero-order chi connectivity index (χ0) is 16.1. The molecule has 116 valence electrons. The molecule has 1 aromatic rings. The average molecular weight is 302 g/mol. The Morgan fingerprint density at radius 3 is 2.73 bits per heavy atom. The molecule has 0 spiro atoms. The molecule has 0 aromatic heterocycles. The maximum Gasteiger partial charge on any atom is 0.250 e. The molecule has 0 bridgehead atoms. The van der Waals surface area contributed by atoms with E-state index < -0.39 is 5.82 Å². The van der Waals surface area contributed by atoms with Crippen LogP contribution in [0.5, 0.6) is 0 Å². The number of aliphatic imine (C=N–C) groups is 1. The Labute approximate surface area is 129 Å². The van der Waals surface area contributed by atoms with Crippen LogP contribution in [0.25, 0.3) is 0 Å². The molecule has 1 amide bonds. The predicted octanol–water partition coefficient (Wildman–Crippen LogP) is 2.03. The molecule has 1 fully saturated rings. The number of hydrogen-bond donors (Lipinski definition) is 0. The third kappa shape index (κ3) is 3.61. The maximum atomic E-state index is 13.7. The van der Waals surface area contributed by atoms with E-state index in [0.29, 0.717) is 31.6 Å². The minimum atomic E-state index is -0.506. The predicted molar refractivity (Wildman–Crippen MR) is 83.2 cm³/mol. The molecular weight excluding hydrogens is 283 g/mol. The van der Waals surface area contributed by atoms with Crippen molar-refractivity contribution in [3.8, 4) is 6.07 Å². The summed E-state index contributed by atoms with van der Waals surface area (Å²) in [6.07, 6.45) is 2.82. The van der Waals surface area contributed by atoms with Gasteiger partial charge in [0.25, 0.3) is 0 Å². The second kappa shape index (κ2) is 7.03. The van der Waals surface area contributed by atoms with Crippen molar-refractivity contribution >= 4 is 17.9 Å². The van der Waals surface area contributed by atoms with Crippen molar-refractivity contribution < 1.29 is 9.18 Å². The Hall–Kier alpha value is -2.42. The molecule has 0 unspecified atom stereocenters. The summed E-state index contributed by atoms with van der Waals surface area (Å²) in [5.74, 6) is -0.728. The number of amides is 1. The van der Waals surface area contributed by atoms with Gasteiger partial charge in [-0.2, -0.15) is 5.26 Å². The third-order valence-corrected chi connectivity index (χ3v) is 3.70. The van der Waals surface area contributed by atoms with Gasteiger partial charge in [0.05, 0.1) is 12.0 Å². The topological polar surface area (TPSA) is 59.7 Å². The van der Waals surface area contributed by atoms with E-state index in [4.69, 9.17) is 5.26 Å². The first kappa shape index (κ1) is 16.0. The Bertz CT molecular complexity index is 613. The lowest BCUT2D eigenvalue weighted by Crippen LogP contribution is -2.36. The lowest BCUT2D eigenvalue weighted by Gasteiger charge is -2.32. The first-order chi connectivity index (χ1) is 10.5. The third-order valence-electron chi connectivity index (χ3n) is 3.70. The van der Waals surface area contributed by atoms with Crippen molar-refractivity contribution in [1.29, 1.82) is 5.26 Å². The number of anilines is 1. The number of carbonyl (C=O) groups is 1. The number of benzene rings is 1. The molecule has 22 heavy (non-hydrogen) atoms. The number of hydrogen-bond acceptors (Lipinski definition) is 3. The van der Waals surface area contributed by atoms with Crippen LogP contribution < -0.4 is 4.90 Å². The minimum Gasteiger partial charge on any atom is -0.370 e. The first-order valence-corrected chi connectivity index (χ1v) is 7.21. The highest BCUT2D eigenvalue weighted by Crippen LogP contribution is 2.28. The highest BCUT2D eigenvalue weighted by atomic mass is 19.1. The quantitative estimate of drug-likeness (QED) is 0.633. The van der Waals surface area contributed by atoms with Gasteiger partial charge in [0, 0.05) is 33.1 Å². The lowest BCUT2D eigenvalue weighted by molar-refractivity contribution is -0.122. The number of halogens is 1. The van der Waals surface area contributed by atoms with Crippen molar-refractivity contribution in [2.24, 2.45) is 10.9 Å². The molecule has 1 aromatic carbocycles. The fourth-order valence-electron chi connectivity index (χ4n) is 2.53. The Morgan fingerprint density at radius 2 is 2.14 bits per heavy atom. The van der Waals surface area contributed by atoms with Gasteiger partial charge in [-0.3, -0.25) is 4.79 Å². The van der Waals surface area contributed by atoms with Gasteiger partial charge in [-0.25, -0.2) is 9.38 Å². The van der Waals surface area contributed by atoms with Crippen molar-refractivity contribution in [2.45, 2.75) is 12.8 Å². The fraction of sp³-hybridized carbons (Fsp3) is 0.438. The van der Waals surface area contributed by atoms with E-state index in [1.165, 1.54) is 12.4 Å². The van der Waals surface area contributed by atoms with Gasteiger partial charge in [0.15, 0.2) is 0 Å². The Morgan fingerprint density at radius 1 is 1.45 bits per heavy atom. The van der Waals surface area contributed by atoms with Crippen LogP contribution in [0.1, 0.15) is 18.4 Å². The van der Waals surface area contributed by atoms with E-state index in [2.05, 4.69) is 4.99 Å². The van der Waals surface area contributed by atoms with Crippen molar-refractivity contribution in [3.63, 3.8) is 0 Å². The lowest BCUT2D eigenvalue weighted by atomic mass is 9.95. The number of rotatable bonds is 3. The van der Waals surface area contributed by atoms with Crippen LogP contribution in [0.2, 0.25) is 0 Å². The smallest absolute Gasteiger partial charge is 0.250 e. The monoisotopic (exact) mass is 302 g/mol. The highest BCUT2D eigenvalue weighted by molar-refractivity contribution is 5.86. The molecule has 1 aliphatic rings. The van der Waals surface area contributed by atoms with Crippen molar-refractivity contribution in [1.82, 2.24) is 4.90 Å². The van der Waals surface area contributed by atoms with Crippen molar-refractivity contribution in [3.05, 3.63) is 29.6 Å². The van der Waals surface area contributed by atoms with E-state index in [1.807, 2.05) is 25.1 Å². The molecular formula is C16H19FN4O. The van der Waals surface area contributed by atoms with Gasteiger partial charge < -0.3 is 9.80 Å². The number of nitriles is 1. The van der Waals surface area contributed by atoms with E-state index in [9.17, 15) is 9.18 Å². The molecule has 0 atom stereocenters.